The molecule has 0 saturated carbocycles. The lowest BCUT2D eigenvalue weighted by molar-refractivity contribution is -0.168. The van der Waals surface area contributed by atoms with Crippen molar-refractivity contribution in [3.8, 4) is 0 Å². The summed E-state index contributed by atoms with van der Waals surface area (Å²) in [5.74, 6) is -0.580. The predicted molar refractivity (Wildman–Crippen MR) is 95.0 cm³/mol. The van der Waals surface area contributed by atoms with Crippen LogP contribution in [0.25, 0.3) is 0 Å². The number of esters is 1. The number of carbonyl (C=O) groups excluding carboxylic acids is 1. The average Bonchev–Trinajstić information content (AvgIpc) is 3.27. The van der Waals surface area contributed by atoms with Gasteiger partial charge in [-0.25, -0.2) is 4.79 Å². The molecule has 2 aliphatic heterocycles. The fourth-order valence-corrected chi connectivity index (χ4v) is 4.16. The van der Waals surface area contributed by atoms with E-state index in [-0.39, 0.29) is 6.10 Å². The molecule has 2 aromatic rings. The summed E-state index contributed by atoms with van der Waals surface area (Å²) in [6, 6.07) is 18.4. The van der Waals surface area contributed by atoms with Crippen LogP contribution in [-0.4, -0.2) is 41.2 Å². The molecular weight excluding hydrogens is 314 g/mol. The first-order valence-electron chi connectivity index (χ1n) is 8.98. The quantitative estimate of drug-likeness (QED) is 0.872. The molecule has 4 heteroatoms. The number of nitrogens with zero attached hydrogens (tertiary/aromatic N) is 1. The number of hydrogen-bond acceptors (Lipinski definition) is 4. The Labute approximate surface area is 148 Å². The molecule has 0 amide bonds. The highest BCUT2D eigenvalue weighted by molar-refractivity contribution is 5.85. The zero-order valence-electron chi connectivity index (χ0n) is 14.2. The number of aliphatic hydroxyl groups is 1. The zero-order chi connectivity index (χ0) is 17.3. The predicted octanol–water partition coefficient (Wildman–Crippen LogP) is 2.70. The first-order chi connectivity index (χ1) is 12.2. The van der Waals surface area contributed by atoms with Crippen LogP contribution in [0.4, 0.5) is 0 Å². The van der Waals surface area contributed by atoms with E-state index in [9.17, 15) is 9.90 Å². The van der Waals surface area contributed by atoms with Gasteiger partial charge in [0.15, 0.2) is 0 Å². The van der Waals surface area contributed by atoms with Crippen molar-refractivity contribution in [3.63, 3.8) is 0 Å². The molecule has 0 aliphatic carbocycles. The molecule has 2 aromatic carbocycles. The molecule has 4 nitrogen and oxygen atoms in total. The molecule has 0 radical (unpaired) electrons. The molecule has 4 rings (SSSR count). The summed E-state index contributed by atoms with van der Waals surface area (Å²) in [5.41, 5.74) is -0.714. The third kappa shape index (κ3) is 2.86. The fourth-order valence-electron chi connectivity index (χ4n) is 4.16. The van der Waals surface area contributed by atoms with Crippen LogP contribution in [0.2, 0.25) is 0 Å². The van der Waals surface area contributed by atoms with Gasteiger partial charge in [-0.05, 0) is 36.9 Å². The lowest BCUT2D eigenvalue weighted by Crippen LogP contribution is -2.42. The van der Waals surface area contributed by atoms with Crippen molar-refractivity contribution in [1.29, 1.82) is 0 Å². The Morgan fingerprint density at radius 1 is 0.960 bits per heavy atom. The van der Waals surface area contributed by atoms with Gasteiger partial charge in [-0.15, -0.1) is 0 Å². The monoisotopic (exact) mass is 337 g/mol. The van der Waals surface area contributed by atoms with Crippen LogP contribution < -0.4 is 0 Å². The maximum absolute atomic E-state index is 13.1. The van der Waals surface area contributed by atoms with Crippen LogP contribution in [0.5, 0.6) is 0 Å². The Hall–Kier alpha value is -2.17. The number of fused-ring (bicyclic) bond motifs is 1. The maximum atomic E-state index is 13.1. The van der Waals surface area contributed by atoms with E-state index in [4.69, 9.17) is 4.74 Å². The molecule has 0 aromatic heterocycles. The number of hydrogen-bond donors (Lipinski definition) is 1. The molecule has 0 bridgehead atoms. The van der Waals surface area contributed by atoms with Gasteiger partial charge in [0, 0.05) is 12.6 Å². The summed E-state index contributed by atoms with van der Waals surface area (Å²) >= 11 is 0. The van der Waals surface area contributed by atoms with Gasteiger partial charge in [-0.1, -0.05) is 60.7 Å². The van der Waals surface area contributed by atoms with E-state index >= 15 is 0 Å². The van der Waals surface area contributed by atoms with Gasteiger partial charge < -0.3 is 9.84 Å². The van der Waals surface area contributed by atoms with Crippen molar-refractivity contribution in [3.05, 3.63) is 71.8 Å². The molecular formula is C21H23NO3. The molecule has 2 fully saturated rings. The van der Waals surface area contributed by atoms with Crippen molar-refractivity contribution >= 4 is 5.97 Å². The van der Waals surface area contributed by atoms with E-state index in [1.54, 1.807) is 24.3 Å². The van der Waals surface area contributed by atoms with Gasteiger partial charge >= 0.3 is 5.97 Å². The standard InChI is InChI=1S/C21H23NO3/c23-20(25-19-13-15-22-14-7-12-18(19)22)21(24,16-8-3-1-4-9-16)17-10-5-2-6-11-17/h1-6,8-11,18-19,24H,7,12-15H2/t18-,19-/m1/s1. The van der Waals surface area contributed by atoms with Crippen molar-refractivity contribution in [2.24, 2.45) is 0 Å². The van der Waals surface area contributed by atoms with Crippen molar-refractivity contribution in [2.45, 2.75) is 37.0 Å². The molecule has 1 N–H and O–H groups in total. The molecule has 25 heavy (non-hydrogen) atoms. The number of carbonyl (C=O) groups is 1. The maximum Gasteiger partial charge on any atom is 0.348 e. The largest absolute Gasteiger partial charge is 0.458 e. The molecule has 2 atom stereocenters. The molecule has 0 unspecified atom stereocenters. The van der Waals surface area contributed by atoms with Gasteiger partial charge in [-0.3, -0.25) is 4.90 Å². The van der Waals surface area contributed by atoms with Crippen LogP contribution in [0.15, 0.2) is 60.7 Å². The van der Waals surface area contributed by atoms with Gasteiger partial charge in [0.05, 0.1) is 0 Å². The third-order valence-electron chi connectivity index (χ3n) is 5.48. The van der Waals surface area contributed by atoms with Gasteiger partial charge in [0.25, 0.3) is 0 Å². The van der Waals surface area contributed by atoms with Gasteiger partial charge in [-0.2, -0.15) is 0 Å². The van der Waals surface area contributed by atoms with Crippen molar-refractivity contribution < 1.29 is 14.6 Å². The summed E-state index contributed by atoms with van der Waals surface area (Å²) in [5, 5.41) is 11.4. The van der Waals surface area contributed by atoms with E-state index in [0.29, 0.717) is 17.2 Å². The third-order valence-corrected chi connectivity index (χ3v) is 5.48. The van der Waals surface area contributed by atoms with Crippen molar-refractivity contribution in [1.82, 2.24) is 4.90 Å². The zero-order valence-corrected chi connectivity index (χ0v) is 14.2. The second-order valence-electron chi connectivity index (χ2n) is 6.92. The summed E-state index contributed by atoms with van der Waals surface area (Å²) in [6.07, 6.45) is 2.93. The minimum Gasteiger partial charge on any atom is -0.458 e. The summed E-state index contributed by atoms with van der Waals surface area (Å²) in [7, 11) is 0. The van der Waals surface area contributed by atoms with Gasteiger partial charge in [0.2, 0.25) is 5.60 Å². The molecule has 2 heterocycles. The van der Waals surface area contributed by atoms with Crippen LogP contribution in [-0.2, 0) is 15.1 Å². The average molecular weight is 337 g/mol. The van der Waals surface area contributed by atoms with Crippen LogP contribution in [0.3, 0.4) is 0 Å². The van der Waals surface area contributed by atoms with Crippen LogP contribution >= 0.6 is 0 Å². The van der Waals surface area contributed by atoms with E-state index < -0.39 is 11.6 Å². The highest BCUT2D eigenvalue weighted by Gasteiger charge is 2.46. The number of ether oxygens (including phenoxy) is 1. The second kappa shape index (κ2) is 6.62. The van der Waals surface area contributed by atoms with E-state index in [2.05, 4.69) is 4.90 Å². The minimum absolute atomic E-state index is 0.131. The van der Waals surface area contributed by atoms with E-state index in [0.717, 1.165) is 32.4 Å². The van der Waals surface area contributed by atoms with Crippen LogP contribution in [0, 0.1) is 0 Å². The first kappa shape index (κ1) is 16.3. The first-order valence-corrected chi connectivity index (χ1v) is 8.98. The second-order valence-corrected chi connectivity index (χ2v) is 6.92. The Morgan fingerprint density at radius 2 is 1.56 bits per heavy atom. The topological polar surface area (TPSA) is 49.8 Å². The minimum atomic E-state index is -1.78. The Morgan fingerprint density at radius 3 is 2.16 bits per heavy atom. The highest BCUT2D eigenvalue weighted by atomic mass is 16.6. The Bertz CT molecular complexity index is 692. The lowest BCUT2D eigenvalue weighted by Gasteiger charge is -2.30. The molecule has 130 valence electrons. The Kier molecular flexibility index (Phi) is 4.32. The highest BCUT2D eigenvalue weighted by Crippen LogP contribution is 2.35. The summed E-state index contributed by atoms with van der Waals surface area (Å²) in [4.78, 5) is 15.5. The summed E-state index contributed by atoms with van der Waals surface area (Å²) < 4.78 is 5.87. The normalized spacial score (nSPS) is 23.4. The lowest BCUT2D eigenvalue weighted by atomic mass is 9.86. The molecule has 2 aliphatic rings. The smallest absolute Gasteiger partial charge is 0.348 e. The van der Waals surface area contributed by atoms with Gasteiger partial charge in [0.1, 0.15) is 6.10 Å². The SMILES string of the molecule is O=C(O[C@@H]1CCN2CCC[C@H]12)C(O)(c1ccccc1)c1ccccc1. The van der Waals surface area contributed by atoms with E-state index in [1.165, 1.54) is 0 Å². The molecule has 0 spiro atoms. The summed E-state index contributed by atoms with van der Waals surface area (Å²) in [6.45, 7) is 2.05. The molecule has 2 saturated heterocycles. The van der Waals surface area contributed by atoms with Crippen LogP contribution in [0.1, 0.15) is 30.4 Å². The van der Waals surface area contributed by atoms with E-state index in [1.807, 2.05) is 36.4 Å². The number of rotatable bonds is 4. The fraction of sp³-hybridized carbons (Fsp3) is 0.381. The Balaban J connectivity index is 1.65. The number of benzene rings is 2. The van der Waals surface area contributed by atoms with Crippen molar-refractivity contribution in [2.75, 3.05) is 13.1 Å².